The molecule has 4 heteroatoms. The van der Waals surface area contributed by atoms with E-state index >= 15 is 0 Å². The smallest absolute Gasteiger partial charge is 0.207 e. The fraction of sp³-hybridized carbons (Fsp3) is 0.333. The zero-order valence-corrected chi connectivity index (χ0v) is 12.3. The number of nitrogens with two attached hydrogens (primary N) is 1. The lowest BCUT2D eigenvalue weighted by Crippen LogP contribution is -2.20. The van der Waals surface area contributed by atoms with Gasteiger partial charge in [-0.1, -0.05) is 37.3 Å². The van der Waals surface area contributed by atoms with Crippen LogP contribution < -0.4 is 15.4 Å². The van der Waals surface area contributed by atoms with Crippen molar-refractivity contribution in [3.05, 3.63) is 29.1 Å². The van der Waals surface area contributed by atoms with Gasteiger partial charge in [-0.2, -0.15) is 0 Å². The van der Waals surface area contributed by atoms with Crippen molar-refractivity contribution < 1.29 is 4.74 Å². The highest BCUT2D eigenvalue weighted by molar-refractivity contribution is 7.15. The Bertz CT molecular complexity index is 619. The van der Waals surface area contributed by atoms with Crippen LogP contribution in [0, 0.1) is 0 Å². The summed E-state index contributed by atoms with van der Waals surface area (Å²) in [5.41, 5.74) is 9.34. The fourth-order valence-corrected chi connectivity index (χ4v) is 3.59. The summed E-state index contributed by atoms with van der Waals surface area (Å²) >= 11 is 1.66. The average Bonchev–Trinajstić information content (AvgIpc) is 2.73. The summed E-state index contributed by atoms with van der Waals surface area (Å²) in [5, 5.41) is 0.918. The molecule has 1 aliphatic rings. The number of hydrogen-bond donors (Lipinski definition) is 1. The lowest BCUT2D eigenvalue weighted by Gasteiger charge is -2.30. The number of nitrogen functional groups attached to an aromatic ring is 1. The van der Waals surface area contributed by atoms with Crippen molar-refractivity contribution in [3.8, 4) is 10.8 Å². The molecule has 0 saturated carbocycles. The molecule has 0 fully saturated rings. The van der Waals surface area contributed by atoms with Gasteiger partial charge in [-0.15, -0.1) is 0 Å². The van der Waals surface area contributed by atoms with Gasteiger partial charge in [0.25, 0.3) is 0 Å². The van der Waals surface area contributed by atoms with Crippen LogP contribution in [0.1, 0.15) is 31.6 Å². The maximum absolute atomic E-state index is 6.34. The number of anilines is 3. The second kappa shape index (κ2) is 4.46. The van der Waals surface area contributed by atoms with E-state index in [0.717, 1.165) is 34.4 Å². The molecule has 0 radical (unpaired) electrons. The Morgan fingerprint density at radius 2 is 2.05 bits per heavy atom. The van der Waals surface area contributed by atoms with Crippen LogP contribution in [0.5, 0.6) is 10.8 Å². The van der Waals surface area contributed by atoms with E-state index in [1.54, 1.807) is 11.3 Å². The Balaban J connectivity index is 2.19. The predicted molar refractivity (Wildman–Crippen MR) is 82.0 cm³/mol. The molecule has 1 aliphatic heterocycles. The molecule has 100 valence electrons. The molecule has 19 heavy (non-hydrogen) atoms. The molecular formula is C15H18N2OS. The van der Waals surface area contributed by atoms with Crippen molar-refractivity contribution >= 4 is 28.4 Å². The summed E-state index contributed by atoms with van der Waals surface area (Å²) in [4.78, 5) is 3.45. The van der Waals surface area contributed by atoms with Gasteiger partial charge >= 0.3 is 0 Å². The largest absolute Gasteiger partial charge is 0.442 e. The van der Waals surface area contributed by atoms with Crippen molar-refractivity contribution in [1.29, 1.82) is 0 Å². The fourth-order valence-electron chi connectivity index (χ4n) is 2.50. The maximum Gasteiger partial charge on any atom is 0.207 e. The molecule has 0 spiro atoms. The van der Waals surface area contributed by atoms with Crippen LogP contribution in [0.25, 0.3) is 0 Å². The molecule has 0 unspecified atom stereocenters. The van der Waals surface area contributed by atoms with Crippen molar-refractivity contribution in [2.75, 3.05) is 17.2 Å². The third-order valence-electron chi connectivity index (χ3n) is 3.39. The van der Waals surface area contributed by atoms with E-state index in [4.69, 9.17) is 10.5 Å². The maximum atomic E-state index is 6.34. The molecule has 0 saturated heterocycles. The Kier molecular flexibility index (Phi) is 2.90. The molecule has 1 aromatic heterocycles. The van der Waals surface area contributed by atoms with Gasteiger partial charge in [0, 0.05) is 11.4 Å². The van der Waals surface area contributed by atoms with Gasteiger partial charge in [-0.25, -0.2) is 0 Å². The van der Waals surface area contributed by atoms with Crippen molar-refractivity contribution in [2.24, 2.45) is 0 Å². The molecule has 1 aromatic carbocycles. The second-order valence-electron chi connectivity index (χ2n) is 4.98. The van der Waals surface area contributed by atoms with E-state index in [1.807, 2.05) is 18.2 Å². The molecule has 0 amide bonds. The van der Waals surface area contributed by atoms with E-state index in [1.165, 1.54) is 4.88 Å². The molecule has 2 N–H and O–H groups in total. The third kappa shape index (κ3) is 1.78. The Morgan fingerprint density at radius 1 is 1.32 bits per heavy atom. The lowest BCUT2D eigenvalue weighted by atomic mass is 10.1. The Labute approximate surface area is 117 Å². The summed E-state index contributed by atoms with van der Waals surface area (Å²) in [6.07, 6.45) is 0. The van der Waals surface area contributed by atoms with Crippen molar-refractivity contribution in [3.63, 3.8) is 0 Å². The molecule has 3 nitrogen and oxygen atoms in total. The number of para-hydroxylation sites is 2. The van der Waals surface area contributed by atoms with E-state index in [0.29, 0.717) is 5.92 Å². The van der Waals surface area contributed by atoms with Crippen LogP contribution >= 0.6 is 11.3 Å². The van der Waals surface area contributed by atoms with Crippen LogP contribution in [-0.4, -0.2) is 6.54 Å². The van der Waals surface area contributed by atoms with Crippen LogP contribution in [0.4, 0.5) is 17.1 Å². The van der Waals surface area contributed by atoms with Gasteiger partial charge in [-0.05, 0) is 25.0 Å². The highest BCUT2D eigenvalue weighted by atomic mass is 32.1. The summed E-state index contributed by atoms with van der Waals surface area (Å²) in [7, 11) is 0. The standard InChI is InChI=1S/C15H18N2OS/c1-4-17-10-7-5-6-8-11(10)18-15-13(17)12(16)14(19-15)9(2)3/h5-9H,4,16H2,1-3H3. The first kappa shape index (κ1) is 12.4. The Hall–Kier alpha value is -1.68. The predicted octanol–water partition coefficient (Wildman–Crippen LogP) is 4.72. The van der Waals surface area contributed by atoms with Crippen LogP contribution in [0.3, 0.4) is 0 Å². The van der Waals surface area contributed by atoms with Crippen molar-refractivity contribution in [2.45, 2.75) is 26.7 Å². The number of nitrogens with zero attached hydrogens (tertiary/aromatic N) is 1. The van der Waals surface area contributed by atoms with E-state index in [2.05, 4.69) is 31.7 Å². The molecule has 0 bridgehead atoms. The minimum Gasteiger partial charge on any atom is -0.442 e. The zero-order valence-electron chi connectivity index (χ0n) is 11.4. The SMILES string of the molecule is CCN1c2ccccc2Oc2sc(C(C)C)c(N)c21. The highest BCUT2D eigenvalue weighted by Gasteiger charge is 2.29. The van der Waals surface area contributed by atoms with E-state index in [-0.39, 0.29) is 0 Å². The lowest BCUT2D eigenvalue weighted by molar-refractivity contribution is 0.488. The molecule has 2 heterocycles. The van der Waals surface area contributed by atoms with Crippen LogP contribution in [0.2, 0.25) is 0 Å². The molecule has 3 rings (SSSR count). The summed E-state index contributed by atoms with van der Waals surface area (Å²) < 4.78 is 6.02. The monoisotopic (exact) mass is 274 g/mol. The topological polar surface area (TPSA) is 38.5 Å². The van der Waals surface area contributed by atoms with Gasteiger partial charge in [-0.3, -0.25) is 0 Å². The number of fused-ring (bicyclic) bond motifs is 2. The zero-order chi connectivity index (χ0) is 13.6. The van der Waals surface area contributed by atoms with Gasteiger partial charge in [0.15, 0.2) is 5.75 Å². The third-order valence-corrected chi connectivity index (χ3v) is 4.76. The summed E-state index contributed by atoms with van der Waals surface area (Å²) in [6.45, 7) is 7.35. The quantitative estimate of drug-likeness (QED) is 0.861. The average molecular weight is 274 g/mol. The normalized spacial score (nSPS) is 13.2. The van der Waals surface area contributed by atoms with Gasteiger partial charge in [0.05, 0.1) is 11.4 Å². The number of thiophene rings is 1. The Morgan fingerprint density at radius 3 is 2.74 bits per heavy atom. The van der Waals surface area contributed by atoms with Crippen LogP contribution in [0.15, 0.2) is 24.3 Å². The molecular weight excluding hydrogens is 256 g/mol. The number of ether oxygens (including phenoxy) is 1. The van der Waals surface area contributed by atoms with E-state index in [9.17, 15) is 0 Å². The number of rotatable bonds is 2. The molecule has 2 aromatic rings. The first-order valence-corrected chi connectivity index (χ1v) is 7.41. The number of hydrogen-bond acceptors (Lipinski definition) is 4. The summed E-state index contributed by atoms with van der Waals surface area (Å²) in [5.74, 6) is 1.33. The minimum absolute atomic E-state index is 0.418. The molecule has 0 atom stereocenters. The van der Waals surface area contributed by atoms with E-state index < -0.39 is 0 Å². The minimum atomic E-state index is 0.418. The van der Waals surface area contributed by atoms with Crippen LogP contribution in [-0.2, 0) is 0 Å². The highest BCUT2D eigenvalue weighted by Crippen LogP contribution is 2.55. The molecule has 0 aliphatic carbocycles. The van der Waals surface area contributed by atoms with Gasteiger partial charge < -0.3 is 15.4 Å². The second-order valence-corrected chi connectivity index (χ2v) is 6.00. The first-order valence-electron chi connectivity index (χ1n) is 6.60. The van der Waals surface area contributed by atoms with Gasteiger partial charge in [0.1, 0.15) is 5.69 Å². The first-order chi connectivity index (χ1) is 9.13. The summed E-state index contributed by atoms with van der Waals surface area (Å²) in [6, 6.07) is 8.11. The number of benzene rings is 1. The van der Waals surface area contributed by atoms with Gasteiger partial charge in [0.2, 0.25) is 5.06 Å². The van der Waals surface area contributed by atoms with Crippen molar-refractivity contribution in [1.82, 2.24) is 0 Å².